The summed E-state index contributed by atoms with van der Waals surface area (Å²) in [6, 6.07) is 0.0168. The third-order valence-electron chi connectivity index (χ3n) is 3.29. The molecule has 4 nitrogen and oxygen atoms in total. The van der Waals surface area contributed by atoms with Crippen LogP contribution in [0, 0.1) is 5.92 Å². The van der Waals surface area contributed by atoms with Gasteiger partial charge in [0.25, 0.3) is 0 Å². The lowest BCUT2D eigenvalue weighted by molar-refractivity contribution is -0.121. The first-order chi connectivity index (χ1) is 7.11. The van der Waals surface area contributed by atoms with Gasteiger partial charge in [-0.3, -0.25) is 10.1 Å². The van der Waals surface area contributed by atoms with Crippen molar-refractivity contribution < 1.29 is 4.79 Å². The Labute approximate surface area is 91.2 Å². The van der Waals surface area contributed by atoms with Gasteiger partial charge in [0.05, 0.1) is 11.7 Å². The van der Waals surface area contributed by atoms with E-state index in [0.717, 1.165) is 32.4 Å². The molecule has 0 radical (unpaired) electrons. The molecule has 0 aromatic heterocycles. The van der Waals surface area contributed by atoms with Crippen LogP contribution in [0.4, 0.5) is 0 Å². The third kappa shape index (κ3) is 2.32. The molecule has 1 amide bonds. The van der Waals surface area contributed by atoms with Gasteiger partial charge in [-0.25, -0.2) is 0 Å². The summed E-state index contributed by atoms with van der Waals surface area (Å²) in [6.07, 6.45) is 2.92. The minimum atomic E-state index is -0.109. The Morgan fingerprint density at radius 1 is 1.40 bits per heavy atom. The molecule has 0 aromatic carbocycles. The Bertz CT molecular complexity index is 246. The molecule has 1 spiro atoms. The summed E-state index contributed by atoms with van der Waals surface area (Å²) in [5.74, 6) is 0.746. The maximum absolute atomic E-state index is 11.8. The molecular formula is C11H21N3O. The van der Waals surface area contributed by atoms with Gasteiger partial charge < -0.3 is 10.6 Å². The van der Waals surface area contributed by atoms with E-state index in [-0.39, 0.29) is 17.6 Å². The van der Waals surface area contributed by atoms with E-state index in [2.05, 4.69) is 29.8 Å². The first-order valence-electron chi connectivity index (χ1n) is 5.92. The molecule has 0 saturated carbocycles. The fourth-order valence-electron chi connectivity index (χ4n) is 2.52. The van der Waals surface area contributed by atoms with Crippen LogP contribution in [-0.4, -0.2) is 30.7 Å². The molecule has 15 heavy (non-hydrogen) atoms. The highest BCUT2D eigenvalue weighted by atomic mass is 16.2. The van der Waals surface area contributed by atoms with Gasteiger partial charge in [0.2, 0.25) is 5.91 Å². The van der Waals surface area contributed by atoms with Crippen molar-refractivity contribution in [2.75, 3.05) is 13.1 Å². The molecule has 0 aromatic rings. The molecule has 0 bridgehead atoms. The molecule has 1 atom stereocenters. The largest absolute Gasteiger partial charge is 0.337 e. The van der Waals surface area contributed by atoms with Crippen molar-refractivity contribution >= 4 is 5.91 Å². The highest BCUT2D eigenvalue weighted by Crippen LogP contribution is 2.23. The molecule has 2 fully saturated rings. The number of rotatable bonds is 2. The Morgan fingerprint density at radius 2 is 2.07 bits per heavy atom. The summed E-state index contributed by atoms with van der Waals surface area (Å²) in [7, 11) is 0. The van der Waals surface area contributed by atoms with Gasteiger partial charge in [0.1, 0.15) is 0 Å². The van der Waals surface area contributed by atoms with E-state index in [1.165, 1.54) is 0 Å². The van der Waals surface area contributed by atoms with Crippen LogP contribution in [0.15, 0.2) is 0 Å². The van der Waals surface area contributed by atoms with Crippen LogP contribution >= 0.6 is 0 Å². The quantitative estimate of drug-likeness (QED) is 0.611. The number of carbonyl (C=O) groups is 1. The lowest BCUT2D eigenvalue weighted by Crippen LogP contribution is -2.56. The van der Waals surface area contributed by atoms with Gasteiger partial charge in [-0.15, -0.1) is 0 Å². The van der Waals surface area contributed by atoms with Crippen molar-refractivity contribution in [3.63, 3.8) is 0 Å². The Morgan fingerprint density at radius 3 is 2.67 bits per heavy atom. The second-order valence-electron chi connectivity index (χ2n) is 5.15. The molecule has 2 heterocycles. The minimum Gasteiger partial charge on any atom is -0.337 e. The zero-order valence-electron chi connectivity index (χ0n) is 9.60. The van der Waals surface area contributed by atoms with Crippen LogP contribution in [-0.2, 0) is 4.79 Å². The minimum absolute atomic E-state index is 0.0168. The third-order valence-corrected chi connectivity index (χ3v) is 3.29. The van der Waals surface area contributed by atoms with E-state index in [9.17, 15) is 4.79 Å². The molecule has 2 aliphatic rings. The standard InChI is InChI=1S/C11H21N3O/c1-8(2)7-9-10(15)14-11(13-9)3-5-12-6-4-11/h8-9,12-13H,3-7H2,1-2H3,(H,14,15). The summed E-state index contributed by atoms with van der Waals surface area (Å²) in [5.41, 5.74) is -0.109. The van der Waals surface area contributed by atoms with E-state index >= 15 is 0 Å². The SMILES string of the molecule is CC(C)CC1NC2(CCNCC2)NC1=O. The number of hydrogen-bond donors (Lipinski definition) is 3. The number of carbonyl (C=O) groups excluding carboxylic acids is 1. The summed E-state index contributed by atoms with van der Waals surface area (Å²) in [5, 5.41) is 9.94. The lowest BCUT2D eigenvalue weighted by atomic mass is 9.98. The van der Waals surface area contributed by atoms with Crippen molar-refractivity contribution in [2.45, 2.75) is 44.8 Å². The predicted molar refractivity (Wildman–Crippen MR) is 59.4 cm³/mol. The molecule has 4 heteroatoms. The fourth-order valence-corrected chi connectivity index (χ4v) is 2.52. The predicted octanol–water partition coefficient (Wildman–Crippen LogP) is 0.200. The first kappa shape index (κ1) is 10.9. The van der Waals surface area contributed by atoms with Crippen LogP contribution in [0.3, 0.4) is 0 Å². The normalized spacial score (nSPS) is 29.8. The summed E-state index contributed by atoms with van der Waals surface area (Å²) < 4.78 is 0. The van der Waals surface area contributed by atoms with Gasteiger partial charge in [0.15, 0.2) is 0 Å². The Balaban J connectivity index is 1.98. The lowest BCUT2D eigenvalue weighted by Gasteiger charge is -2.34. The van der Waals surface area contributed by atoms with Crippen LogP contribution in [0.5, 0.6) is 0 Å². The number of piperidine rings is 1. The number of nitrogens with one attached hydrogen (secondary N) is 3. The Hall–Kier alpha value is -0.610. The topological polar surface area (TPSA) is 53.2 Å². The van der Waals surface area contributed by atoms with Crippen LogP contribution in [0.25, 0.3) is 0 Å². The molecule has 2 saturated heterocycles. The van der Waals surface area contributed by atoms with Crippen LogP contribution in [0.1, 0.15) is 33.1 Å². The summed E-state index contributed by atoms with van der Waals surface area (Å²) in [4.78, 5) is 11.8. The molecule has 0 aliphatic carbocycles. The van der Waals surface area contributed by atoms with Crippen molar-refractivity contribution in [3.8, 4) is 0 Å². The van der Waals surface area contributed by atoms with Crippen LogP contribution < -0.4 is 16.0 Å². The highest BCUT2D eigenvalue weighted by Gasteiger charge is 2.43. The number of amides is 1. The first-order valence-corrected chi connectivity index (χ1v) is 5.92. The Kier molecular flexibility index (Phi) is 2.98. The average molecular weight is 211 g/mol. The van der Waals surface area contributed by atoms with Gasteiger partial charge >= 0.3 is 0 Å². The van der Waals surface area contributed by atoms with E-state index in [0.29, 0.717) is 5.92 Å². The van der Waals surface area contributed by atoms with Gasteiger partial charge in [-0.05, 0) is 38.3 Å². The smallest absolute Gasteiger partial charge is 0.238 e. The van der Waals surface area contributed by atoms with Crippen LogP contribution in [0.2, 0.25) is 0 Å². The average Bonchev–Trinajstić information content (AvgIpc) is 2.43. The fraction of sp³-hybridized carbons (Fsp3) is 0.909. The van der Waals surface area contributed by atoms with Crippen molar-refractivity contribution in [1.29, 1.82) is 0 Å². The highest BCUT2D eigenvalue weighted by molar-refractivity contribution is 5.85. The van der Waals surface area contributed by atoms with Gasteiger partial charge in [-0.2, -0.15) is 0 Å². The molecule has 2 aliphatic heterocycles. The van der Waals surface area contributed by atoms with E-state index in [1.807, 2.05) is 0 Å². The van der Waals surface area contributed by atoms with E-state index in [1.54, 1.807) is 0 Å². The zero-order valence-corrected chi connectivity index (χ0v) is 9.60. The maximum atomic E-state index is 11.8. The van der Waals surface area contributed by atoms with E-state index in [4.69, 9.17) is 0 Å². The molecular weight excluding hydrogens is 190 g/mol. The maximum Gasteiger partial charge on any atom is 0.238 e. The van der Waals surface area contributed by atoms with Crippen molar-refractivity contribution in [1.82, 2.24) is 16.0 Å². The number of hydrogen-bond acceptors (Lipinski definition) is 3. The molecule has 3 N–H and O–H groups in total. The van der Waals surface area contributed by atoms with Gasteiger partial charge in [-0.1, -0.05) is 13.8 Å². The van der Waals surface area contributed by atoms with Crippen molar-refractivity contribution in [3.05, 3.63) is 0 Å². The van der Waals surface area contributed by atoms with Gasteiger partial charge in [0, 0.05) is 0 Å². The molecule has 2 rings (SSSR count). The second kappa shape index (κ2) is 4.10. The summed E-state index contributed by atoms with van der Waals surface area (Å²) in [6.45, 7) is 6.29. The van der Waals surface area contributed by atoms with Crippen molar-refractivity contribution in [2.24, 2.45) is 5.92 Å². The van der Waals surface area contributed by atoms with E-state index < -0.39 is 0 Å². The second-order valence-corrected chi connectivity index (χ2v) is 5.15. The molecule has 1 unspecified atom stereocenters. The summed E-state index contributed by atoms with van der Waals surface area (Å²) >= 11 is 0. The monoisotopic (exact) mass is 211 g/mol. The molecule has 86 valence electrons. The zero-order chi connectivity index (χ0) is 10.9.